The lowest BCUT2D eigenvalue weighted by atomic mass is 9.78. The van der Waals surface area contributed by atoms with Crippen LogP contribution in [0.25, 0.3) is 0 Å². The Kier molecular flexibility index (Phi) is 5.26. The van der Waals surface area contributed by atoms with Crippen LogP contribution in [0.2, 0.25) is 0 Å². The molecule has 0 aromatic rings. The molecule has 88 valence electrons. The lowest BCUT2D eigenvalue weighted by molar-refractivity contribution is -0.175. The van der Waals surface area contributed by atoms with Crippen molar-refractivity contribution in [3.8, 4) is 0 Å². The van der Waals surface area contributed by atoms with E-state index in [1.165, 1.54) is 6.42 Å². The van der Waals surface area contributed by atoms with Crippen molar-refractivity contribution in [2.24, 2.45) is 11.8 Å². The molecule has 0 radical (unpaired) electrons. The molecule has 0 aliphatic heterocycles. The van der Waals surface area contributed by atoms with Crippen molar-refractivity contribution < 1.29 is 14.3 Å². The molecule has 1 aliphatic carbocycles. The fourth-order valence-electron chi connectivity index (χ4n) is 1.86. The van der Waals surface area contributed by atoms with Crippen LogP contribution in [0.1, 0.15) is 40.0 Å². The van der Waals surface area contributed by atoms with E-state index >= 15 is 0 Å². The van der Waals surface area contributed by atoms with Crippen LogP contribution in [0.4, 0.5) is 0 Å². The highest BCUT2D eigenvalue weighted by Crippen LogP contribution is 2.31. The molecule has 0 amide bonds. The smallest absolute Gasteiger partial charge is 0.166 e. The highest BCUT2D eigenvalue weighted by Gasteiger charge is 2.33. The standard InChI is InChI=1S/C12H22O3/c1-4-14-12(15-5-2)9(3)11(13)10-7-6-8-10/h9-10,12H,4-8H2,1-3H3. The molecule has 15 heavy (non-hydrogen) atoms. The van der Waals surface area contributed by atoms with E-state index in [-0.39, 0.29) is 18.1 Å². The molecule has 3 heteroatoms. The summed E-state index contributed by atoms with van der Waals surface area (Å²) in [6.45, 7) is 6.94. The Hall–Kier alpha value is -0.410. The molecule has 0 heterocycles. The van der Waals surface area contributed by atoms with Crippen molar-refractivity contribution in [1.29, 1.82) is 0 Å². The Morgan fingerprint density at radius 2 is 1.80 bits per heavy atom. The van der Waals surface area contributed by atoms with E-state index < -0.39 is 0 Å². The van der Waals surface area contributed by atoms with Gasteiger partial charge in [-0.2, -0.15) is 0 Å². The Labute approximate surface area is 92.1 Å². The fraction of sp³-hybridized carbons (Fsp3) is 0.917. The number of hydrogen-bond acceptors (Lipinski definition) is 3. The summed E-state index contributed by atoms with van der Waals surface area (Å²) in [4.78, 5) is 12.0. The molecule has 0 saturated heterocycles. The predicted octanol–water partition coefficient (Wildman–Crippen LogP) is 2.39. The van der Waals surface area contributed by atoms with E-state index in [4.69, 9.17) is 9.47 Å². The van der Waals surface area contributed by atoms with Gasteiger partial charge < -0.3 is 9.47 Å². The van der Waals surface area contributed by atoms with Crippen LogP contribution in [0.5, 0.6) is 0 Å². The maximum absolute atomic E-state index is 12.0. The van der Waals surface area contributed by atoms with Crippen LogP contribution in [-0.4, -0.2) is 25.3 Å². The first-order valence-electron chi connectivity index (χ1n) is 5.97. The minimum absolute atomic E-state index is 0.129. The van der Waals surface area contributed by atoms with Crippen molar-refractivity contribution in [3.05, 3.63) is 0 Å². The largest absolute Gasteiger partial charge is 0.352 e. The van der Waals surface area contributed by atoms with Gasteiger partial charge in [-0.25, -0.2) is 0 Å². The van der Waals surface area contributed by atoms with E-state index in [0.29, 0.717) is 19.0 Å². The molecule has 1 aliphatic rings. The van der Waals surface area contributed by atoms with Crippen molar-refractivity contribution in [2.45, 2.75) is 46.3 Å². The summed E-state index contributed by atoms with van der Waals surface area (Å²) in [5.41, 5.74) is 0. The average molecular weight is 214 g/mol. The zero-order valence-electron chi connectivity index (χ0n) is 9.99. The lowest BCUT2D eigenvalue weighted by Crippen LogP contribution is -2.36. The Balaban J connectivity index is 2.45. The van der Waals surface area contributed by atoms with Crippen molar-refractivity contribution >= 4 is 5.78 Å². The van der Waals surface area contributed by atoms with E-state index in [0.717, 1.165) is 12.8 Å². The predicted molar refractivity (Wildman–Crippen MR) is 58.6 cm³/mol. The number of carbonyl (C=O) groups is 1. The molecule has 1 unspecified atom stereocenters. The summed E-state index contributed by atoms with van der Waals surface area (Å²) in [7, 11) is 0. The van der Waals surface area contributed by atoms with E-state index in [1.807, 2.05) is 20.8 Å². The first-order chi connectivity index (χ1) is 7.20. The van der Waals surface area contributed by atoms with Crippen LogP contribution < -0.4 is 0 Å². The molecular weight excluding hydrogens is 192 g/mol. The summed E-state index contributed by atoms with van der Waals surface area (Å²) in [6.07, 6.45) is 2.94. The Morgan fingerprint density at radius 1 is 1.27 bits per heavy atom. The van der Waals surface area contributed by atoms with Crippen molar-refractivity contribution in [2.75, 3.05) is 13.2 Å². The van der Waals surface area contributed by atoms with Gasteiger partial charge in [-0.05, 0) is 26.7 Å². The summed E-state index contributed by atoms with van der Waals surface area (Å²) < 4.78 is 10.9. The topological polar surface area (TPSA) is 35.5 Å². The second-order valence-corrected chi connectivity index (χ2v) is 4.10. The van der Waals surface area contributed by atoms with Crippen LogP contribution in [0.3, 0.4) is 0 Å². The zero-order chi connectivity index (χ0) is 11.3. The SMILES string of the molecule is CCOC(OCC)C(C)C(=O)C1CCC1. The second-order valence-electron chi connectivity index (χ2n) is 4.10. The zero-order valence-corrected chi connectivity index (χ0v) is 9.99. The van der Waals surface area contributed by atoms with Crippen LogP contribution in [0.15, 0.2) is 0 Å². The number of ether oxygens (including phenoxy) is 2. The molecule has 3 nitrogen and oxygen atoms in total. The molecule has 0 spiro atoms. The maximum Gasteiger partial charge on any atom is 0.166 e. The highest BCUT2D eigenvalue weighted by molar-refractivity contribution is 5.84. The van der Waals surface area contributed by atoms with Gasteiger partial charge in [-0.3, -0.25) is 4.79 Å². The fourth-order valence-corrected chi connectivity index (χ4v) is 1.86. The summed E-state index contributed by atoms with van der Waals surface area (Å²) >= 11 is 0. The van der Waals surface area contributed by atoms with Crippen LogP contribution in [-0.2, 0) is 14.3 Å². The summed E-state index contributed by atoms with van der Waals surface area (Å²) in [5.74, 6) is 0.451. The van der Waals surface area contributed by atoms with E-state index in [2.05, 4.69) is 0 Å². The van der Waals surface area contributed by atoms with Gasteiger partial charge in [0.05, 0.1) is 5.92 Å². The monoisotopic (exact) mass is 214 g/mol. The molecule has 1 fully saturated rings. The van der Waals surface area contributed by atoms with Gasteiger partial charge in [-0.15, -0.1) is 0 Å². The van der Waals surface area contributed by atoms with Crippen LogP contribution in [0, 0.1) is 11.8 Å². The van der Waals surface area contributed by atoms with Gasteiger partial charge in [0.15, 0.2) is 6.29 Å². The van der Waals surface area contributed by atoms with Crippen molar-refractivity contribution in [1.82, 2.24) is 0 Å². The molecule has 0 bridgehead atoms. The molecule has 1 atom stereocenters. The van der Waals surface area contributed by atoms with E-state index in [1.54, 1.807) is 0 Å². The lowest BCUT2D eigenvalue weighted by Gasteiger charge is -2.30. The third kappa shape index (κ3) is 3.28. The van der Waals surface area contributed by atoms with Gasteiger partial charge in [-0.1, -0.05) is 13.3 Å². The molecule has 1 saturated carbocycles. The van der Waals surface area contributed by atoms with Gasteiger partial charge >= 0.3 is 0 Å². The molecule has 0 aromatic carbocycles. The quantitative estimate of drug-likeness (QED) is 0.610. The van der Waals surface area contributed by atoms with Crippen molar-refractivity contribution in [3.63, 3.8) is 0 Å². The second kappa shape index (κ2) is 6.23. The van der Waals surface area contributed by atoms with Gasteiger partial charge in [0.1, 0.15) is 5.78 Å². The molecular formula is C12H22O3. The highest BCUT2D eigenvalue weighted by atomic mass is 16.7. The average Bonchev–Trinajstić information content (AvgIpc) is 2.13. The number of carbonyl (C=O) groups excluding carboxylic acids is 1. The van der Waals surface area contributed by atoms with E-state index in [9.17, 15) is 4.79 Å². The first kappa shape index (κ1) is 12.7. The van der Waals surface area contributed by atoms with Crippen LogP contribution >= 0.6 is 0 Å². The summed E-state index contributed by atoms with van der Waals surface area (Å²) in [5, 5.41) is 0. The molecule has 0 N–H and O–H groups in total. The first-order valence-corrected chi connectivity index (χ1v) is 5.97. The molecule has 0 aromatic heterocycles. The van der Waals surface area contributed by atoms with Gasteiger partial charge in [0.2, 0.25) is 0 Å². The number of hydrogen-bond donors (Lipinski definition) is 0. The normalized spacial score (nSPS) is 18.9. The third-order valence-corrected chi connectivity index (χ3v) is 3.03. The number of Topliss-reactive ketones (excluding diaryl/α,β-unsaturated/α-hetero) is 1. The Bertz CT molecular complexity index is 193. The minimum Gasteiger partial charge on any atom is -0.352 e. The van der Waals surface area contributed by atoms with Gasteiger partial charge in [0, 0.05) is 19.1 Å². The third-order valence-electron chi connectivity index (χ3n) is 3.03. The number of ketones is 1. The Morgan fingerprint density at radius 3 is 2.13 bits per heavy atom. The van der Waals surface area contributed by atoms with Gasteiger partial charge in [0.25, 0.3) is 0 Å². The summed E-state index contributed by atoms with van der Waals surface area (Å²) in [6, 6.07) is 0. The maximum atomic E-state index is 12.0. The number of rotatable bonds is 7. The molecule has 1 rings (SSSR count). The minimum atomic E-state index is -0.354.